The summed E-state index contributed by atoms with van der Waals surface area (Å²) < 4.78 is 11.6. The number of nitrogens with zero attached hydrogens (tertiary/aromatic N) is 2. The molecule has 0 radical (unpaired) electrons. The van der Waals surface area contributed by atoms with Gasteiger partial charge in [0.05, 0.1) is 24.2 Å². The quantitative estimate of drug-likeness (QED) is 0.512. The van der Waals surface area contributed by atoms with Gasteiger partial charge in [-0.15, -0.1) is 0 Å². The van der Waals surface area contributed by atoms with Crippen LogP contribution < -0.4 is 15.0 Å². The van der Waals surface area contributed by atoms with Crippen molar-refractivity contribution in [2.24, 2.45) is 0 Å². The highest BCUT2D eigenvalue weighted by atomic mass is 35.5. The van der Waals surface area contributed by atoms with E-state index < -0.39 is 23.8 Å². The fourth-order valence-corrected chi connectivity index (χ4v) is 3.62. The van der Waals surface area contributed by atoms with Crippen molar-refractivity contribution in [1.29, 1.82) is 5.26 Å². The van der Waals surface area contributed by atoms with Gasteiger partial charge in [-0.05, 0) is 48.4 Å². The Labute approximate surface area is 194 Å². The largest absolute Gasteiger partial charge is 0.497 e. The van der Waals surface area contributed by atoms with E-state index >= 15 is 0 Å². The molecular weight excluding hydrogens is 455 g/mol. The summed E-state index contributed by atoms with van der Waals surface area (Å²) >= 11 is 11.9. The predicted octanol–water partition coefficient (Wildman–Crippen LogP) is 4.36. The van der Waals surface area contributed by atoms with Crippen LogP contribution in [0.5, 0.6) is 17.4 Å². The van der Waals surface area contributed by atoms with Crippen LogP contribution in [0.15, 0.2) is 47.3 Å². The molecule has 3 aromatic rings. The number of pyridine rings is 1. The van der Waals surface area contributed by atoms with Gasteiger partial charge in [-0.1, -0.05) is 35.3 Å². The summed E-state index contributed by atoms with van der Waals surface area (Å²) in [4.78, 5) is 25.7. The third-order valence-electron chi connectivity index (χ3n) is 4.83. The number of carbonyl (C=O) groups excluding carboxylic acids is 1. The van der Waals surface area contributed by atoms with E-state index in [9.17, 15) is 20.0 Å². The first-order valence-electron chi connectivity index (χ1n) is 9.37. The molecule has 1 N–H and O–H groups in total. The van der Waals surface area contributed by atoms with Gasteiger partial charge in [-0.3, -0.25) is 14.2 Å². The average molecular weight is 473 g/mol. The van der Waals surface area contributed by atoms with Gasteiger partial charge in [0.25, 0.3) is 5.56 Å². The van der Waals surface area contributed by atoms with Crippen LogP contribution in [-0.4, -0.2) is 29.2 Å². The van der Waals surface area contributed by atoms with Crippen LogP contribution in [-0.2, 0) is 6.54 Å². The molecular formula is C23H18Cl2N2O5. The number of methoxy groups -OCH3 is 1. The molecule has 0 fully saturated rings. The monoisotopic (exact) mass is 472 g/mol. The van der Waals surface area contributed by atoms with Gasteiger partial charge in [-0.2, -0.15) is 5.26 Å². The molecule has 1 aromatic heterocycles. The first-order valence-corrected chi connectivity index (χ1v) is 10.1. The Morgan fingerprint density at radius 1 is 1.19 bits per heavy atom. The number of carbonyl (C=O) groups is 1. The van der Waals surface area contributed by atoms with Crippen molar-refractivity contribution in [3.05, 3.63) is 85.1 Å². The van der Waals surface area contributed by atoms with Crippen LogP contribution >= 0.6 is 23.2 Å². The van der Waals surface area contributed by atoms with E-state index in [1.807, 2.05) is 6.07 Å². The molecule has 0 spiro atoms. The zero-order chi connectivity index (χ0) is 23.4. The highest BCUT2D eigenvalue weighted by molar-refractivity contribution is 6.35. The molecule has 0 aliphatic rings. The summed E-state index contributed by atoms with van der Waals surface area (Å²) in [5, 5.41) is 20.9. The molecule has 0 unspecified atom stereocenters. The van der Waals surface area contributed by atoms with Crippen molar-refractivity contribution < 1.29 is 19.4 Å². The zero-order valence-electron chi connectivity index (χ0n) is 17.2. The lowest BCUT2D eigenvalue weighted by Gasteiger charge is -2.16. The van der Waals surface area contributed by atoms with Crippen LogP contribution in [0.4, 0.5) is 0 Å². The molecule has 2 aromatic carbocycles. The molecule has 0 aliphatic heterocycles. The van der Waals surface area contributed by atoms with E-state index in [4.69, 9.17) is 32.7 Å². The predicted molar refractivity (Wildman–Crippen MR) is 120 cm³/mol. The minimum Gasteiger partial charge on any atom is -0.497 e. The maximum Gasteiger partial charge on any atom is 0.271 e. The fourth-order valence-electron chi connectivity index (χ4n) is 3.15. The Morgan fingerprint density at radius 3 is 2.47 bits per heavy atom. The third kappa shape index (κ3) is 4.72. The Morgan fingerprint density at radius 2 is 1.88 bits per heavy atom. The highest BCUT2D eigenvalue weighted by Gasteiger charge is 2.24. The number of hydrogen-bond acceptors (Lipinski definition) is 6. The van der Waals surface area contributed by atoms with Crippen LogP contribution in [0.3, 0.4) is 0 Å². The number of rotatable bonds is 7. The molecule has 0 saturated carbocycles. The van der Waals surface area contributed by atoms with Gasteiger partial charge in [-0.25, -0.2) is 0 Å². The molecule has 1 heterocycles. The number of hydrogen-bond donors (Lipinski definition) is 1. The first-order chi connectivity index (χ1) is 15.3. The molecule has 0 saturated heterocycles. The lowest BCUT2D eigenvalue weighted by Crippen LogP contribution is -2.28. The molecule has 0 aliphatic carbocycles. The second kappa shape index (κ2) is 9.77. The lowest BCUT2D eigenvalue weighted by atomic mass is 10.0. The van der Waals surface area contributed by atoms with Crippen molar-refractivity contribution in [2.45, 2.75) is 13.5 Å². The third-order valence-corrected chi connectivity index (χ3v) is 5.36. The smallest absolute Gasteiger partial charge is 0.271 e. The van der Waals surface area contributed by atoms with Gasteiger partial charge in [0.2, 0.25) is 11.7 Å². The van der Waals surface area contributed by atoms with E-state index in [0.717, 1.165) is 4.57 Å². The summed E-state index contributed by atoms with van der Waals surface area (Å²) in [6.07, 6.45) is 0. The molecule has 3 rings (SSSR count). The topological polar surface area (TPSA) is 102 Å². The van der Waals surface area contributed by atoms with Crippen LogP contribution in [0.1, 0.15) is 27.0 Å². The summed E-state index contributed by atoms with van der Waals surface area (Å²) in [5.41, 5.74) is -0.351. The summed E-state index contributed by atoms with van der Waals surface area (Å²) in [6, 6.07) is 13.2. The number of aromatic hydroxyl groups is 1. The van der Waals surface area contributed by atoms with Crippen molar-refractivity contribution in [3.63, 3.8) is 0 Å². The van der Waals surface area contributed by atoms with Gasteiger partial charge >= 0.3 is 0 Å². The maximum atomic E-state index is 12.9. The average Bonchev–Trinajstić information content (AvgIpc) is 2.77. The normalized spacial score (nSPS) is 10.5. The van der Waals surface area contributed by atoms with E-state index in [2.05, 4.69) is 0 Å². The number of nitriles is 1. The van der Waals surface area contributed by atoms with Crippen LogP contribution in [0.2, 0.25) is 10.0 Å². The summed E-state index contributed by atoms with van der Waals surface area (Å²) in [5.74, 6) is -0.307. The molecule has 0 atom stereocenters. The Bertz CT molecular complexity index is 1280. The lowest BCUT2D eigenvalue weighted by molar-refractivity contribution is 0.0916. The number of benzene rings is 2. The van der Waals surface area contributed by atoms with Gasteiger partial charge in [0, 0.05) is 5.02 Å². The Kier molecular flexibility index (Phi) is 7.08. The molecule has 32 heavy (non-hydrogen) atoms. The number of Topliss-reactive ketones (excluding diaryl/α,β-unsaturated/α-hetero) is 1. The van der Waals surface area contributed by atoms with Gasteiger partial charge in [0.15, 0.2) is 6.61 Å². The number of ether oxygens (including phenoxy) is 2. The molecule has 0 bridgehead atoms. The van der Waals surface area contributed by atoms with E-state index in [1.54, 1.807) is 30.3 Å². The zero-order valence-corrected chi connectivity index (χ0v) is 18.7. The van der Waals surface area contributed by atoms with Crippen molar-refractivity contribution in [3.8, 4) is 23.4 Å². The first kappa shape index (κ1) is 23.2. The van der Waals surface area contributed by atoms with Crippen molar-refractivity contribution in [1.82, 2.24) is 4.57 Å². The highest BCUT2D eigenvalue weighted by Crippen LogP contribution is 2.29. The summed E-state index contributed by atoms with van der Waals surface area (Å²) in [6.45, 7) is 0.912. The van der Waals surface area contributed by atoms with E-state index in [0.29, 0.717) is 16.3 Å². The Balaban J connectivity index is 1.97. The van der Waals surface area contributed by atoms with Crippen LogP contribution in [0, 0.1) is 18.3 Å². The molecule has 9 heteroatoms. The molecule has 0 amide bonds. The summed E-state index contributed by atoms with van der Waals surface area (Å²) in [7, 11) is 1.53. The van der Waals surface area contributed by atoms with Gasteiger partial charge in [0.1, 0.15) is 23.1 Å². The Hall–Kier alpha value is -3.47. The molecule has 7 nitrogen and oxygen atoms in total. The maximum absolute atomic E-state index is 12.9. The molecule has 164 valence electrons. The number of ketones is 1. The van der Waals surface area contributed by atoms with E-state index in [-0.39, 0.29) is 34.0 Å². The van der Waals surface area contributed by atoms with Gasteiger partial charge < -0.3 is 14.6 Å². The van der Waals surface area contributed by atoms with E-state index in [1.165, 1.54) is 26.2 Å². The minimum atomic E-state index is -0.698. The van der Waals surface area contributed by atoms with Crippen LogP contribution in [0.25, 0.3) is 0 Å². The van der Waals surface area contributed by atoms with Crippen molar-refractivity contribution in [2.75, 3.05) is 13.7 Å². The SMILES string of the molecule is COc1ccc(Cn2c(O)c(C(=O)COc3ccc(Cl)cc3Cl)c(C)c(C#N)c2=O)cc1. The second-order valence-electron chi connectivity index (χ2n) is 6.84. The number of halogens is 2. The standard InChI is InChI=1S/C23H18Cl2N2O5/c1-13-17(10-26)22(29)27(11-14-3-6-16(31-2)7-4-14)23(30)21(13)19(28)12-32-20-8-5-15(24)9-18(20)25/h3-9,30H,11-12H2,1-2H3. The fraction of sp³-hybridized carbons (Fsp3) is 0.174. The van der Waals surface area contributed by atoms with Crippen molar-refractivity contribution >= 4 is 29.0 Å². The minimum absolute atomic E-state index is 0.0478. The number of aromatic nitrogens is 1. The second-order valence-corrected chi connectivity index (χ2v) is 7.68.